The highest BCUT2D eigenvalue weighted by atomic mass is 19.1. The average molecular weight is 399 g/mol. The van der Waals surface area contributed by atoms with Crippen molar-refractivity contribution in [3.8, 4) is 5.75 Å². The summed E-state index contributed by atoms with van der Waals surface area (Å²) in [5.74, 6) is -0.819. The molecule has 7 nitrogen and oxygen atoms in total. The fourth-order valence-electron chi connectivity index (χ4n) is 3.11. The molecule has 3 rings (SSSR count). The van der Waals surface area contributed by atoms with Crippen LogP contribution in [0.15, 0.2) is 48.5 Å². The third kappa shape index (κ3) is 5.31. The fraction of sp³-hybridized carbons (Fsp3) is 0.286. The molecular formula is C21H22FN3O4. The number of amides is 3. The van der Waals surface area contributed by atoms with E-state index in [2.05, 4.69) is 0 Å². The van der Waals surface area contributed by atoms with E-state index in [0.29, 0.717) is 43.1 Å². The van der Waals surface area contributed by atoms with Gasteiger partial charge in [0.05, 0.1) is 6.42 Å². The van der Waals surface area contributed by atoms with Gasteiger partial charge in [0.25, 0.3) is 11.8 Å². The van der Waals surface area contributed by atoms with Gasteiger partial charge in [0.15, 0.2) is 6.61 Å². The molecule has 1 saturated heterocycles. The van der Waals surface area contributed by atoms with Crippen molar-refractivity contribution < 1.29 is 23.5 Å². The Bertz CT molecular complexity index is 893. The van der Waals surface area contributed by atoms with E-state index in [1.54, 1.807) is 52.3 Å². The van der Waals surface area contributed by atoms with Crippen LogP contribution in [-0.4, -0.2) is 60.3 Å². The Morgan fingerprint density at radius 3 is 2.17 bits per heavy atom. The van der Waals surface area contributed by atoms with Crippen LogP contribution in [0.3, 0.4) is 0 Å². The van der Waals surface area contributed by atoms with Crippen LogP contribution >= 0.6 is 0 Å². The quantitative estimate of drug-likeness (QED) is 0.790. The first-order chi connectivity index (χ1) is 13.9. The van der Waals surface area contributed by atoms with Gasteiger partial charge in [0.2, 0.25) is 5.91 Å². The van der Waals surface area contributed by atoms with Crippen LogP contribution in [0, 0.1) is 5.82 Å². The van der Waals surface area contributed by atoms with Gasteiger partial charge in [-0.15, -0.1) is 0 Å². The molecule has 0 aromatic heterocycles. The Morgan fingerprint density at radius 1 is 0.931 bits per heavy atom. The normalized spacial score (nSPS) is 13.8. The molecule has 1 aliphatic heterocycles. The van der Waals surface area contributed by atoms with E-state index in [4.69, 9.17) is 10.5 Å². The number of carbonyl (C=O) groups is 3. The van der Waals surface area contributed by atoms with Gasteiger partial charge in [-0.2, -0.15) is 0 Å². The Labute approximate surface area is 167 Å². The van der Waals surface area contributed by atoms with E-state index < -0.39 is 11.7 Å². The molecular weight excluding hydrogens is 377 g/mol. The summed E-state index contributed by atoms with van der Waals surface area (Å²) in [5, 5.41) is 0. The molecule has 1 aliphatic rings. The zero-order chi connectivity index (χ0) is 20.8. The first-order valence-corrected chi connectivity index (χ1v) is 9.25. The number of nitrogens with two attached hydrogens (primary N) is 1. The Hall–Kier alpha value is -3.42. The molecule has 0 unspecified atom stereocenters. The van der Waals surface area contributed by atoms with Crippen LogP contribution in [0.2, 0.25) is 0 Å². The minimum atomic E-state index is -0.576. The molecule has 0 saturated carbocycles. The van der Waals surface area contributed by atoms with Gasteiger partial charge in [-0.25, -0.2) is 4.39 Å². The van der Waals surface area contributed by atoms with Crippen molar-refractivity contribution in [3.63, 3.8) is 0 Å². The first-order valence-electron chi connectivity index (χ1n) is 9.25. The molecule has 1 heterocycles. The number of hydrogen-bond donors (Lipinski definition) is 1. The minimum absolute atomic E-state index is 0.00733. The van der Waals surface area contributed by atoms with Gasteiger partial charge in [0, 0.05) is 31.7 Å². The van der Waals surface area contributed by atoms with E-state index in [9.17, 15) is 18.8 Å². The number of carbonyl (C=O) groups excluding carboxylic acids is 3. The van der Waals surface area contributed by atoms with Crippen molar-refractivity contribution in [2.45, 2.75) is 6.42 Å². The zero-order valence-electron chi connectivity index (χ0n) is 15.8. The highest BCUT2D eigenvalue weighted by Crippen LogP contribution is 2.16. The number of benzene rings is 2. The van der Waals surface area contributed by atoms with E-state index in [0.717, 1.165) is 0 Å². The fourth-order valence-corrected chi connectivity index (χ4v) is 3.11. The summed E-state index contributed by atoms with van der Waals surface area (Å²) in [4.78, 5) is 39.1. The summed E-state index contributed by atoms with van der Waals surface area (Å²) in [5.41, 5.74) is 5.89. The zero-order valence-corrected chi connectivity index (χ0v) is 15.8. The van der Waals surface area contributed by atoms with Gasteiger partial charge in [-0.05, 0) is 35.9 Å². The number of hydrogen-bond acceptors (Lipinski definition) is 4. The van der Waals surface area contributed by atoms with Gasteiger partial charge < -0.3 is 20.3 Å². The SMILES string of the molecule is NC(=O)COc1ccc(C(=O)N2CCN(C(=O)Cc3ccccc3F)CC2)cc1. The van der Waals surface area contributed by atoms with Crippen molar-refractivity contribution in [1.82, 2.24) is 9.80 Å². The van der Waals surface area contributed by atoms with Crippen molar-refractivity contribution in [2.24, 2.45) is 5.73 Å². The van der Waals surface area contributed by atoms with Crippen molar-refractivity contribution in [1.29, 1.82) is 0 Å². The molecule has 0 bridgehead atoms. The molecule has 0 spiro atoms. The second kappa shape index (κ2) is 9.18. The standard InChI is InChI=1S/C21H22FN3O4/c22-18-4-2-1-3-16(18)13-20(27)24-9-11-25(12-10-24)21(28)15-5-7-17(8-6-15)29-14-19(23)26/h1-8H,9-14H2,(H2,23,26). The lowest BCUT2D eigenvalue weighted by Gasteiger charge is -2.35. The summed E-state index contributed by atoms with van der Waals surface area (Å²) in [6.07, 6.45) is 0.00733. The summed E-state index contributed by atoms with van der Waals surface area (Å²) in [6, 6.07) is 12.7. The molecule has 2 N–H and O–H groups in total. The summed E-state index contributed by atoms with van der Waals surface area (Å²) < 4.78 is 18.9. The smallest absolute Gasteiger partial charge is 0.255 e. The van der Waals surface area contributed by atoms with Crippen molar-refractivity contribution in [2.75, 3.05) is 32.8 Å². The maximum atomic E-state index is 13.7. The van der Waals surface area contributed by atoms with Crippen LogP contribution in [0.1, 0.15) is 15.9 Å². The third-order valence-electron chi connectivity index (χ3n) is 4.70. The van der Waals surface area contributed by atoms with Crippen LogP contribution in [0.4, 0.5) is 4.39 Å². The second-order valence-corrected chi connectivity index (χ2v) is 6.72. The number of nitrogens with zero attached hydrogens (tertiary/aromatic N) is 2. The monoisotopic (exact) mass is 399 g/mol. The molecule has 2 aromatic carbocycles. The highest BCUT2D eigenvalue weighted by Gasteiger charge is 2.25. The molecule has 0 radical (unpaired) electrons. The lowest BCUT2D eigenvalue weighted by molar-refractivity contribution is -0.132. The summed E-state index contributed by atoms with van der Waals surface area (Å²) >= 11 is 0. The number of ether oxygens (including phenoxy) is 1. The number of primary amides is 1. The van der Waals surface area contributed by atoms with Gasteiger partial charge in [-0.1, -0.05) is 18.2 Å². The lowest BCUT2D eigenvalue weighted by Crippen LogP contribution is -2.51. The van der Waals surface area contributed by atoms with E-state index >= 15 is 0 Å². The number of rotatable bonds is 6. The first kappa shape index (κ1) is 20.3. The summed E-state index contributed by atoms with van der Waals surface area (Å²) in [7, 11) is 0. The molecule has 8 heteroatoms. The molecule has 29 heavy (non-hydrogen) atoms. The lowest BCUT2D eigenvalue weighted by atomic mass is 10.1. The molecule has 2 aromatic rings. The van der Waals surface area contributed by atoms with E-state index in [1.165, 1.54) is 6.07 Å². The predicted molar refractivity (Wildman–Crippen MR) is 104 cm³/mol. The minimum Gasteiger partial charge on any atom is -0.484 e. The molecule has 1 fully saturated rings. The Kier molecular flexibility index (Phi) is 6.43. The molecule has 0 atom stereocenters. The Balaban J connectivity index is 1.52. The van der Waals surface area contributed by atoms with Gasteiger partial charge in [0.1, 0.15) is 11.6 Å². The largest absolute Gasteiger partial charge is 0.484 e. The molecule has 0 aliphatic carbocycles. The number of piperazine rings is 1. The predicted octanol–water partition coefficient (Wildman–Crippen LogP) is 1.22. The van der Waals surface area contributed by atoms with E-state index in [-0.39, 0.29) is 24.8 Å². The van der Waals surface area contributed by atoms with Crippen molar-refractivity contribution >= 4 is 17.7 Å². The Morgan fingerprint density at radius 2 is 1.55 bits per heavy atom. The highest BCUT2D eigenvalue weighted by molar-refractivity contribution is 5.94. The second-order valence-electron chi connectivity index (χ2n) is 6.72. The van der Waals surface area contributed by atoms with Crippen LogP contribution in [0.5, 0.6) is 5.75 Å². The van der Waals surface area contributed by atoms with E-state index in [1.807, 2.05) is 0 Å². The van der Waals surface area contributed by atoms with Gasteiger partial charge >= 0.3 is 0 Å². The molecule has 3 amide bonds. The topological polar surface area (TPSA) is 92.9 Å². The number of halogens is 1. The van der Waals surface area contributed by atoms with Crippen LogP contribution in [-0.2, 0) is 16.0 Å². The van der Waals surface area contributed by atoms with Crippen LogP contribution < -0.4 is 10.5 Å². The molecule has 152 valence electrons. The maximum absolute atomic E-state index is 13.7. The maximum Gasteiger partial charge on any atom is 0.255 e. The van der Waals surface area contributed by atoms with Crippen LogP contribution in [0.25, 0.3) is 0 Å². The average Bonchev–Trinajstić information content (AvgIpc) is 2.74. The van der Waals surface area contributed by atoms with Gasteiger partial charge in [-0.3, -0.25) is 14.4 Å². The third-order valence-corrected chi connectivity index (χ3v) is 4.70. The summed E-state index contributed by atoms with van der Waals surface area (Å²) in [6.45, 7) is 1.39. The van der Waals surface area contributed by atoms with Crippen molar-refractivity contribution in [3.05, 3.63) is 65.5 Å².